The zero-order valence-corrected chi connectivity index (χ0v) is 13.9. The van der Waals surface area contributed by atoms with Crippen molar-refractivity contribution in [2.75, 3.05) is 6.61 Å². The summed E-state index contributed by atoms with van der Waals surface area (Å²) in [6.45, 7) is 4.48. The molecule has 6 heteroatoms. The monoisotopic (exact) mass is 330 g/mol. The van der Waals surface area contributed by atoms with Gasteiger partial charge in [-0.3, -0.25) is 0 Å². The van der Waals surface area contributed by atoms with Crippen LogP contribution in [0.15, 0.2) is 53.7 Å². The van der Waals surface area contributed by atoms with Crippen LogP contribution in [-0.2, 0) is 10.0 Å². The predicted octanol–water partition coefficient (Wildman–Crippen LogP) is 3.37. The fourth-order valence-electron chi connectivity index (χ4n) is 2.40. The second-order valence-electron chi connectivity index (χ2n) is 5.31. The molecule has 0 aliphatic heterocycles. The van der Waals surface area contributed by atoms with Gasteiger partial charge in [0, 0.05) is 0 Å². The minimum Gasteiger partial charge on any atom is -0.493 e. The summed E-state index contributed by atoms with van der Waals surface area (Å²) >= 11 is 0. The van der Waals surface area contributed by atoms with Crippen molar-refractivity contribution in [2.45, 2.75) is 25.2 Å². The summed E-state index contributed by atoms with van der Waals surface area (Å²) in [6, 6.07) is 12.1. The van der Waals surface area contributed by atoms with Gasteiger partial charge in [0.1, 0.15) is 12.1 Å². The second kappa shape index (κ2) is 6.04. The van der Waals surface area contributed by atoms with Crippen LogP contribution in [0.3, 0.4) is 0 Å². The van der Waals surface area contributed by atoms with Gasteiger partial charge >= 0.3 is 0 Å². The minimum atomic E-state index is -3.68. The molecule has 0 atom stereocenters. The van der Waals surface area contributed by atoms with Crippen LogP contribution in [0, 0.1) is 6.92 Å². The molecule has 1 aromatic heterocycles. The van der Waals surface area contributed by atoms with E-state index < -0.39 is 10.0 Å². The lowest BCUT2D eigenvalue weighted by atomic mass is 10.2. The molecule has 0 spiro atoms. The molecule has 0 saturated carbocycles. The number of benzene rings is 2. The first kappa shape index (κ1) is 15.6. The van der Waals surface area contributed by atoms with E-state index in [4.69, 9.17) is 4.74 Å². The number of para-hydroxylation sites is 2. The maximum atomic E-state index is 12.9. The van der Waals surface area contributed by atoms with Crippen molar-refractivity contribution < 1.29 is 13.2 Å². The first-order chi connectivity index (χ1) is 11.0. The van der Waals surface area contributed by atoms with Crippen molar-refractivity contribution in [3.63, 3.8) is 0 Å². The molecule has 0 aliphatic rings. The topological polar surface area (TPSA) is 61.2 Å². The molecule has 0 unspecified atom stereocenters. The van der Waals surface area contributed by atoms with Crippen LogP contribution in [0.2, 0.25) is 0 Å². The standard InChI is InChI=1S/C17H18N2O3S/c1-3-10-22-17-9-8-14(11-13(17)2)23(20,21)19-12-18-15-6-4-5-7-16(15)19/h4-9,11-12H,3,10H2,1-2H3. The van der Waals surface area contributed by atoms with Gasteiger partial charge in [-0.2, -0.15) is 0 Å². The lowest BCUT2D eigenvalue weighted by Gasteiger charge is -2.11. The molecule has 120 valence electrons. The van der Waals surface area contributed by atoms with Crippen LogP contribution in [0.4, 0.5) is 0 Å². The number of rotatable bonds is 5. The number of hydrogen-bond donors (Lipinski definition) is 0. The van der Waals surface area contributed by atoms with Crippen LogP contribution in [0.1, 0.15) is 18.9 Å². The molecule has 0 fully saturated rings. The van der Waals surface area contributed by atoms with E-state index in [0.717, 1.165) is 12.0 Å². The lowest BCUT2D eigenvalue weighted by Crippen LogP contribution is -2.12. The molecule has 0 amide bonds. The highest BCUT2D eigenvalue weighted by molar-refractivity contribution is 7.90. The zero-order valence-electron chi connectivity index (χ0n) is 13.1. The molecule has 0 aliphatic carbocycles. The third kappa shape index (κ3) is 2.82. The Balaban J connectivity index is 2.04. The van der Waals surface area contributed by atoms with Gasteiger partial charge < -0.3 is 4.74 Å². The van der Waals surface area contributed by atoms with E-state index in [1.165, 1.54) is 10.3 Å². The largest absolute Gasteiger partial charge is 0.493 e. The van der Waals surface area contributed by atoms with Crippen LogP contribution in [-0.4, -0.2) is 24.0 Å². The maximum absolute atomic E-state index is 12.9. The van der Waals surface area contributed by atoms with Gasteiger partial charge in [0.25, 0.3) is 10.0 Å². The molecule has 23 heavy (non-hydrogen) atoms. The molecule has 3 rings (SSSR count). The van der Waals surface area contributed by atoms with Gasteiger partial charge in [-0.25, -0.2) is 17.4 Å². The minimum absolute atomic E-state index is 0.224. The Morgan fingerprint density at radius 2 is 1.96 bits per heavy atom. The lowest BCUT2D eigenvalue weighted by molar-refractivity contribution is 0.315. The van der Waals surface area contributed by atoms with Gasteiger partial charge in [0.15, 0.2) is 0 Å². The Kier molecular flexibility index (Phi) is 4.09. The molecule has 5 nitrogen and oxygen atoms in total. The van der Waals surface area contributed by atoms with Crippen molar-refractivity contribution in [1.29, 1.82) is 0 Å². The number of aryl methyl sites for hydroxylation is 1. The van der Waals surface area contributed by atoms with Crippen molar-refractivity contribution in [3.8, 4) is 5.75 Å². The number of nitrogens with zero attached hydrogens (tertiary/aromatic N) is 2. The summed E-state index contributed by atoms with van der Waals surface area (Å²) in [5.74, 6) is 0.710. The van der Waals surface area contributed by atoms with Gasteiger partial charge in [-0.05, 0) is 49.2 Å². The number of fused-ring (bicyclic) bond motifs is 1. The molecule has 1 heterocycles. The highest BCUT2D eigenvalue weighted by atomic mass is 32.2. The Bertz CT molecular complexity index is 945. The first-order valence-electron chi connectivity index (χ1n) is 7.45. The van der Waals surface area contributed by atoms with E-state index in [0.29, 0.717) is 23.4 Å². The number of ether oxygens (including phenoxy) is 1. The molecule has 0 radical (unpaired) electrons. The zero-order chi connectivity index (χ0) is 16.4. The highest BCUT2D eigenvalue weighted by Crippen LogP contribution is 2.25. The van der Waals surface area contributed by atoms with E-state index >= 15 is 0 Å². The fourth-order valence-corrected chi connectivity index (χ4v) is 3.78. The molecule has 0 saturated heterocycles. The SMILES string of the molecule is CCCOc1ccc(S(=O)(=O)n2cnc3ccccc32)cc1C. The average molecular weight is 330 g/mol. The van der Waals surface area contributed by atoms with Crippen LogP contribution >= 0.6 is 0 Å². The summed E-state index contributed by atoms with van der Waals surface area (Å²) in [5, 5.41) is 0. The molecule has 0 N–H and O–H groups in total. The van der Waals surface area contributed by atoms with E-state index in [1.807, 2.05) is 19.9 Å². The number of hydrogen-bond acceptors (Lipinski definition) is 4. The average Bonchev–Trinajstić information content (AvgIpc) is 2.98. The van der Waals surface area contributed by atoms with Crippen LogP contribution < -0.4 is 4.74 Å². The van der Waals surface area contributed by atoms with Crippen molar-refractivity contribution in [2.24, 2.45) is 0 Å². The third-order valence-electron chi connectivity index (χ3n) is 3.59. The third-order valence-corrected chi connectivity index (χ3v) is 5.24. The molecular formula is C17H18N2O3S. The predicted molar refractivity (Wildman–Crippen MR) is 89.3 cm³/mol. The smallest absolute Gasteiger partial charge is 0.269 e. The number of imidazole rings is 1. The van der Waals surface area contributed by atoms with E-state index in [1.54, 1.807) is 36.4 Å². The quantitative estimate of drug-likeness (QED) is 0.719. The summed E-state index contributed by atoms with van der Waals surface area (Å²) < 4.78 is 32.5. The number of aromatic nitrogens is 2. The molecule has 2 aromatic carbocycles. The van der Waals surface area contributed by atoms with Crippen molar-refractivity contribution in [3.05, 3.63) is 54.4 Å². The van der Waals surface area contributed by atoms with Crippen LogP contribution in [0.25, 0.3) is 11.0 Å². The van der Waals surface area contributed by atoms with E-state index in [2.05, 4.69) is 4.98 Å². The maximum Gasteiger partial charge on any atom is 0.269 e. The summed E-state index contributed by atoms with van der Waals surface area (Å²) in [4.78, 5) is 4.37. The van der Waals surface area contributed by atoms with Crippen molar-refractivity contribution >= 4 is 21.1 Å². The van der Waals surface area contributed by atoms with E-state index in [9.17, 15) is 8.42 Å². The summed E-state index contributed by atoms with van der Waals surface area (Å²) in [5.41, 5.74) is 2.01. The molecular weight excluding hydrogens is 312 g/mol. The highest BCUT2D eigenvalue weighted by Gasteiger charge is 2.20. The van der Waals surface area contributed by atoms with Gasteiger partial charge in [0.05, 0.1) is 22.5 Å². The Morgan fingerprint density at radius 1 is 1.17 bits per heavy atom. The summed E-state index contributed by atoms with van der Waals surface area (Å²) in [7, 11) is -3.68. The Hall–Kier alpha value is -2.34. The van der Waals surface area contributed by atoms with Crippen molar-refractivity contribution in [1.82, 2.24) is 8.96 Å². The normalized spacial score (nSPS) is 11.7. The van der Waals surface area contributed by atoms with Gasteiger partial charge in [-0.15, -0.1) is 0 Å². The Labute approximate surface area is 135 Å². The Morgan fingerprint density at radius 3 is 2.70 bits per heavy atom. The van der Waals surface area contributed by atoms with E-state index in [-0.39, 0.29) is 4.90 Å². The molecule has 0 bridgehead atoms. The summed E-state index contributed by atoms with van der Waals surface area (Å²) in [6.07, 6.45) is 2.25. The van der Waals surface area contributed by atoms with Gasteiger partial charge in [0.2, 0.25) is 0 Å². The van der Waals surface area contributed by atoms with Crippen LogP contribution in [0.5, 0.6) is 5.75 Å². The molecule has 3 aromatic rings. The first-order valence-corrected chi connectivity index (χ1v) is 8.89. The van der Waals surface area contributed by atoms with Gasteiger partial charge in [-0.1, -0.05) is 19.1 Å². The fraction of sp³-hybridized carbons (Fsp3) is 0.235. The second-order valence-corrected chi connectivity index (χ2v) is 7.12.